The molecule has 1 unspecified atom stereocenters. The maximum atomic E-state index is 12.6. The minimum atomic E-state index is -0.236. The van der Waals surface area contributed by atoms with Gasteiger partial charge in [0.05, 0.1) is 17.3 Å². The Morgan fingerprint density at radius 2 is 2.14 bits per heavy atom. The third-order valence-corrected chi connectivity index (χ3v) is 5.49. The van der Waals surface area contributed by atoms with E-state index in [1.54, 1.807) is 29.4 Å². The van der Waals surface area contributed by atoms with Crippen LogP contribution in [0.2, 0.25) is 0 Å². The maximum absolute atomic E-state index is 12.6. The quantitative estimate of drug-likeness (QED) is 0.709. The number of likely N-dealkylation sites (tertiary alicyclic amines) is 1. The molecule has 2 amide bonds. The van der Waals surface area contributed by atoms with Crippen LogP contribution in [0.1, 0.15) is 28.4 Å². The van der Waals surface area contributed by atoms with Crippen LogP contribution in [0.3, 0.4) is 0 Å². The first-order valence-electron chi connectivity index (χ1n) is 9.04. The molecule has 28 heavy (non-hydrogen) atoms. The molecule has 0 spiro atoms. The highest BCUT2D eigenvalue weighted by Crippen LogP contribution is 2.21. The van der Waals surface area contributed by atoms with Crippen molar-refractivity contribution in [2.75, 3.05) is 13.1 Å². The van der Waals surface area contributed by atoms with E-state index < -0.39 is 0 Å². The van der Waals surface area contributed by atoms with Gasteiger partial charge < -0.3 is 14.7 Å². The second kappa shape index (κ2) is 8.30. The van der Waals surface area contributed by atoms with E-state index in [4.69, 9.17) is 4.52 Å². The van der Waals surface area contributed by atoms with Gasteiger partial charge in [-0.2, -0.15) is 4.98 Å². The van der Waals surface area contributed by atoms with E-state index in [2.05, 4.69) is 20.4 Å². The number of hydrogen-bond acceptors (Lipinski definition) is 7. The van der Waals surface area contributed by atoms with Crippen LogP contribution >= 0.6 is 11.3 Å². The van der Waals surface area contributed by atoms with E-state index in [1.807, 2.05) is 17.5 Å². The molecule has 1 atom stereocenters. The molecule has 1 fully saturated rings. The van der Waals surface area contributed by atoms with Gasteiger partial charge in [-0.05, 0) is 36.4 Å². The summed E-state index contributed by atoms with van der Waals surface area (Å²) in [7, 11) is 0. The molecule has 9 heteroatoms. The molecule has 0 aliphatic carbocycles. The molecular formula is C19H19N5O3S. The van der Waals surface area contributed by atoms with Crippen LogP contribution in [-0.2, 0) is 11.3 Å². The molecular weight excluding hydrogens is 378 g/mol. The topological polar surface area (TPSA) is 101 Å². The molecule has 1 saturated heterocycles. The van der Waals surface area contributed by atoms with Gasteiger partial charge in [0.15, 0.2) is 0 Å². The zero-order chi connectivity index (χ0) is 19.3. The molecule has 0 bridgehead atoms. The monoisotopic (exact) mass is 397 g/mol. The second-order valence-electron chi connectivity index (χ2n) is 6.53. The van der Waals surface area contributed by atoms with Crippen molar-refractivity contribution in [3.63, 3.8) is 0 Å². The Kier molecular flexibility index (Phi) is 5.43. The largest absolute Gasteiger partial charge is 0.347 e. The van der Waals surface area contributed by atoms with Crippen LogP contribution < -0.4 is 5.32 Å². The number of piperidine rings is 1. The Labute approximate surface area is 165 Å². The van der Waals surface area contributed by atoms with Crippen LogP contribution in [-0.4, -0.2) is 44.9 Å². The molecule has 3 aromatic rings. The minimum Gasteiger partial charge on any atom is -0.347 e. The molecule has 1 N–H and O–H groups in total. The summed E-state index contributed by atoms with van der Waals surface area (Å²) in [6.07, 6.45) is 4.87. The molecule has 8 nitrogen and oxygen atoms in total. The molecule has 1 aliphatic rings. The summed E-state index contributed by atoms with van der Waals surface area (Å²) >= 11 is 1.42. The fourth-order valence-electron chi connectivity index (χ4n) is 3.18. The summed E-state index contributed by atoms with van der Waals surface area (Å²) in [6, 6.07) is 7.24. The van der Waals surface area contributed by atoms with Crippen molar-refractivity contribution in [1.29, 1.82) is 0 Å². The van der Waals surface area contributed by atoms with Gasteiger partial charge in [-0.15, -0.1) is 11.3 Å². The minimum absolute atomic E-state index is 0.00797. The summed E-state index contributed by atoms with van der Waals surface area (Å²) in [4.78, 5) is 35.8. The highest BCUT2D eigenvalue weighted by molar-refractivity contribution is 7.12. The number of pyridine rings is 1. The van der Waals surface area contributed by atoms with E-state index in [-0.39, 0.29) is 24.3 Å². The molecule has 144 valence electrons. The number of thiophene rings is 1. The lowest BCUT2D eigenvalue weighted by Crippen LogP contribution is -2.45. The summed E-state index contributed by atoms with van der Waals surface area (Å²) in [5.74, 6) is 0.443. The molecule has 3 aromatic heterocycles. The van der Waals surface area contributed by atoms with E-state index in [0.29, 0.717) is 29.7 Å². The highest BCUT2D eigenvalue weighted by atomic mass is 32.1. The summed E-state index contributed by atoms with van der Waals surface area (Å²) in [5, 5.41) is 8.65. The average Bonchev–Trinajstić information content (AvgIpc) is 3.44. The lowest BCUT2D eigenvalue weighted by Gasteiger charge is -2.31. The normalized spacial score (nSPS) is 16.7. The van der Waals surface area contributed by atoms with Crippen LogP contribution in [0.15, 0.2) is 46.6 Å². The summed E-state index contributed by atoms with van der Waals surface area (Å²) < 4.78 is 5.21. The Morgan fingerprint density at radius 3 is 2.93 bits per heavy atom. The predicted molar refractivity (Wildman–Crippen MR) is 102 cm³/mol. The molecule has 0 radical (unpaired) electrons. The molecule has 1 aliphatic heterocycles. The fraction of sp³-hybridized carbons (Fsp3) is 0.316. The van der Waals surface area contributed by atoms with Gasteiger partial charge in [0.2, 0.25) is 17.6 Å². The van der Waals surface area contributed by atoms with E-state index in [9.17, 15) is 9.59 Å². The number of nitrogens with zero attached hydrogens (tertiary/aromatic N) is 4. The van der Waals surface area contributed by atoms with Crippen LogP contribution in [0.4, 0.5) is 0 Å². The first-order chi connectivity index (χ1) is 13.7. The van der Waals surface area contributed by atoms with E-state index >= 15 is 0 Å². The number of carbonyl (C=O) groups excluding carboxylic acids is 2. The van der Waals surface area contributed by atoms with Crippen molar-refractivity contribution in [3.8, 4) is 11.4 Å². The van der Waals surface area contributed by atoms with Crippen molar-refractivity contribution in [2.45, 2.75) is 19.4 Å². The average molecular weight is 397 g/mol. The van der Waals surface area contributed by atoms with Gasteiger partial charge in [-0.3, -0.25) is 14.6 Å². The Morgan fingerprint density at radius 1 is 1.29 bits per heavy atom. The van der Waals surface area contributed by atoms with Gasteiger partial charge in [0.1, 0.15) is 0 Å². The van der Waals surface area contributed by atoms with Gasteiger partial charge in [0, 0.05) is 31.0 Å². The first kappa shape index (κ1) is 18.3. The predicted octanol–water partition coefficient (Wildman–Crippen LogP) is 2.36. The van der Waals surface area contributed by atoms with Crippen molar-refractivity contribution in [2.24, 2.45) is 5.92 Å². The summed E-state index contributed by atoms with van der Waals surface area (Å²) in [6.45, 7) is 1.26. The lowest BCUT2D eigenvalue weighted by atomic mass is 9.97. The number of hydrogen-bond donors (Lipinski definition) is 1. The molecule has 0 aromatic carbocycles. The molecule has 0 saturated carbocycles. The maximum Gasteiger partial charge on any atom is 0.263 e. The van der Waals surface area contributed by atoms with Crippen LogP contribution in [0.5, 0.6) is 0 Å². The van der Waals surface area contributed by atoms with Crippen molar-refractivity contribution in [3.05, 3.63) is 52.8 Å². The zero-order valence-electron chi connectivity index (χ0n) is 15.1. The fourth-order valence-corrected chi connectivity index (χ4v) is 3.87. The van der Waals surface area contributed by atoms with Crippen LogP contribution in [0, 0.1) is 5.92 Å². The van der Waals surface area contributed by atoms with Crippen molar-refractivity contribution >= 4 is 23.2 Å². The SMILES string of the molecule is O=C(NCc1nc(-c2ccncc2)no1)C1CCCN(C(=O)c2cccs2)C1. The Balaban J connectivity index is 1.32. The first-order valence-corrected chi connectivity index (χ1v) is 9.92. The van der Waals surface area contributed by atoms with Crippen molar-refractivity contribution < 1.29 is 14.1 Å². The Hall–Kier alpha value is -3.07. The van der Waals surface area contributed by atoms with Gasteiger partial charge in [-0.25, -0.2) is 0 Å². The third-order valence-electron chi connectivity index (χ3n) is 4.63. The highest BCUT2D eigenvalue weighted by Gasteiger charge is 2.29. The number of rotatable bonds is 5. The zero-order valence-corrected chi connectivity index (χ0v) is 15.9. The van der Waals surface area contributed by atoms with Gasteiger partial charge in [-0.1, -0.05) is 11.2 Å². The number of nitrogens with one attached hydrogen (secondary N) is 1. The van der Waals surface area contributed by atoms with Crippen LogP contribution in [0.25, 0.3) is 11.4 Å². The molecule has 4 heterocycles. The number of amides is 2. The van der Waals surface area contributed by atoms with Gasteiger partial charge >= 0.3 is 0 Å². The number of carbonyl (C=O) groups is 2. The van der Waals surface area contributed by atoms with E-state index in [1.165, 1.54) is 11.3 Å². The standard InChI is InChI=1S/C19H19N5O3S/c25-18(14-3-1-9-24(12-14)19(26)15-4-2-10-28-15)21-11-16-22-17(23-27-16)13-5-7-20-8-6-13/h2,4-8,10,14H,1,3,9,11-12H2,(H,21,25). The smallest absolute Gasteiger partial charge is 0.263 e. The van der Waals surface area contributed by atoms with Crippen molar-refractivity contribution in [1.82, 2.24) is 25.3 Å². The second-order valence-corrected chi connectivity index (χ2v) is 7.48. The lowest BCUT2D eigenvalue weighted by molar-refractivity contribution is -0.126. The van der Waals surface area contributed by atoms with E-state index in [0.717, 1.165) is 18.4 Å². The number of aromatic nitrogens is 3. The Bertz CT molecular complexity index is 942. The summed E-state index contributed by atoms with van der Waals surface area (Å²) in [5.41, 5.74) is 0.798. The van der Waals surface area contributed by atoms with Gasteiger partial charge in [0.25, 0.3) is 5.91 Å². The third kappa shape index (κ3) is 4.09. The molecule has 4 rings (SSSR count).